The third kappa shape index (κ3) is 6.93. The summed E-state index contributed by atoms with van der Waals surface area (Å²) in [5, 5.41) is 5.20. The van der Waals surface area contributed by atoms with E-state index in [9.17, 15) is 27.6 Å². The maximum absolute atomic E-state index is 14.2. The first kappa shape index (κ1) is 31.0. The van der Waals surface area contributed by atoms with Gasteiger partial charge in [-0.3, -0.25) is 0 Å². The van der Waals surface area contributed by atoms with Crippen LogP contribution < -0.4 is 10.6 Å². The summed E-state index contributed by atoms with van der Waals surface area (Å²) in [7, 11) is 2.48. The van der Waals surface area contributed by atoms with E-state index in [1.165, 1.54) is 24.8 Å². The van der Waals surface area contributed by atoms with Gasteiger partial charge in [0.1, 0.15) is 11.9 Å². The fourth-order valence-electron chi connectivity index (χ4n) is 5.63. The third-order valence-electron chi connectivity index (χ3n) is 7.69. The van der Waals surface area contributed by atoms with Gasteiger partial charge in [0.2, 0.25) is 0 Å². The minimum absolute atomic E-state index is 0.00663. The SMILES string of the molecule is COCC1=C(C(=O)OC)C(c2ccc(F)c(F)c2)N(C(=O)NCCCN2CCC(c3ccc(F)cc3C)CC2)C(=O)N1. The van der Waals surface area contributed by atoms with Crippen LogP contribution in [-0.4, -0.2) is 74.8 Å². The number of urea groups is 2. The van der Waals surface area contributed by atoms with Crippen molar-refractivity contribution < 1.29 is 37.0 Å². The molecular weight excluding hydrogens is 553 g/mol. The van der Waals surface area contributed by atoms with Crippen LogP contribution in [0.5, 0.6) is 0 Å². The molecule has 2 aromatic rings. The fraction of sp³-hybridized carbons (Fsp3) is 0.433. The number of carbonyl (C=O) groups is 3. The summed E-state index contributed by atoms with van der Waals surface area (Å²) in [6, 6.07) is 4.76. The van der Waals surface area contributed by atoms with Gasteiger partial charge >= 0.3 is 18.0 Å². The van der Waals surface area contributed by atoms with Crippen molar-refractivity contribution in [2.24, 2.45) is 0 Å². The molecule has 1 atom stereocenters. The highest BCUT2D eigenvalue weighted by Crippen LogP contribution is 2.35. The first-order chi connectivity index (χ1) is 20.1. The minimum Gasteiger partial charge on any atom is -0.466 e. The molecule has 226 valence electrons. The molecule has 2 aliphatic rings. The second kappa shape index (κ2) is 13.8. The average Bonchev–Trinajstić information content (AvgIpc) is 2.96. The number of esters is 1. The number of methoxy groups -OCH3 is 2. The zero-order valence-corrected chi connectivity index (χ0v) is 23.8. The van der Waals surface area contributed by atoms with Crippen molar-refractivity contribution in [1.82, 2.24) is 20.4 Å². The first-order valence-corrected chi connectivity index (χ1v) is 13.8. The van der Waals surface area contributed by atoms with E-state index in [2.05, 4.69) is 15.5 Å². The number of nitrogens with one attached hydrogen (secondary N) is 2. The van der Waals surface area contributed by atoms with Gasteiger partial charge in [-0.25, -0.2) is 32.5 Å². The third-order valence-corrected chi connectivity index (χ3v) is 7.69. The lowest BCUT2D eigenvalue weighted by Gasteiger charge is -2.36. The largest absolute Gasteiger partial charge is 0.466 e. The van der Waals surface area contributed by atoms with E-state index >= 15 is 0 Å². The molecule has 2 aromatic carbocycles. The second-order valence-electron chi connectivity index (χ2n) is 10.4. The van der Waals surface area contributed by atoms with Gasteiger partial charge in [-0.15, -0.1) is 0 Å². The lowest BCUT2D eigenvalue weighted by molar-refractivity contribution is -0.137. The Balaban J connectivity index is 1.41. The van der Waals surface area contributed by atoms with Crippen molar-refractivity contribution in [3.63, 3.8) is 0 Å². The summed E-state index contributed by atoms with van der Waals surface area (Å²) in [5.41, 5.74) is 2.05. The Bertz CT molecular complexity index is 1360. The molecule has 42 heavy (non-hydrogen) atoms. The Morgan fingerprint density at radius 3 is 2.43 bits per heavy atom. The normalized spacial score (nSPS) is 18.2. The van der Waals surface area contributed by atoms with Crippen molar-refractivity contribution in [3.8, 4) is 0 Å². The number of halogens is 3. The highest BCUT2D eigenvalue weighted by Gasteiger charge is 2.43. The minimum atomic E-state index is -1.39. The summed E-state index contributed by atoms with van der Waals surface area (Å²) in [6.07, 6.45) is 2.47. The van der Waals surface area contributed by atoms with Crippen LogP contribution >= 0.6 is 0 Å². The summed E-state index contributed by atoms with van der Waals surface area (Å²) in [6.45, 7) is 4.39. The van der Waals surface area contributed by atoms with Gasteiger partial charge < -0.3 is 25.0 Å². The first-order valence-electron chi connectivity index (χ1n) is 13.8. The van der Waals surface area contributed by atoms with E-state index in [1.807, 2.05) is 13.0 Å². The van der Waals surface area contributed by atoms with Crippen molar-refractivity contribution in [2.45, 2.75) is 38.1 Å². The van der Waals surface area contributed by atoms with Crippen LogP contribution in [0.15, 0.2) is 47.7 Å². The fourth-order valence-corrected chi connectivity index (χ4v) is 5.63. The molecule has 2 N–H and O–H groups in total. The van der Waals surface area contributed by atoms with Gasteiger partial charge in [0.25, 0.3) is 0 Å². The Morgan fingerprint density at radius 2 is 1.79 bits per heavy atom. The molecule has 4 rings (SSSR count). The molecular formula is C30H35F3N4O5. The molecule has 0 aromatic heterocycles. The zero-order valence-electron chi connectivity index (χ0n) is 23.8. The monoisotopic (exact) mass is 588 g/mol. The lowest BCUT2D eigenvalue weighted by atomic mass is 9.87. The molecule has 1 saturated heterocycles. The highest BCUT2D eigenvalue weighted by molar-refractivity contribution is 6.01. The van der Waals surface area contributed by atoms with Gasteiger partial charge in [0.05, 0.1) is 25.0 Å². The summed E-state index contributed by atoms with van der Waals surface area (Å²) in [4.78, 5) is 42.3. The molecule has 0 spiro atoms. The Hall–Kier alpha value is -3.90. The molecule has 0 saturated carbocycles. The Morgan fingerprint density at radius 1 is 1.05 bits per heavy atom. The Labute approximate surface area is 242 Å². The molecule has 0 bridgehead atoms. The lowest BCUT2D eigenvalue weighted by Crippen LogP contribution is -2.55. The predicted octanol–water partition coefficient (Wildman–Crippen LogP) is 4.53. The van der Waals surface area contributed by atoms with E-state index in [1.54, 1.807) is 6.07 Å². The number of hydrogen-bond acceptors (Lipinski definition) is 6. The maximum atomic E-state index is 14.2. The van der Waals surface area contributed by atoms with Gasteiger partial charge in [-0.05, 0) is 92.7 Å². The van der Waals surface area contributed by atoms with Gasteiger partial charge in [-0.1, -0.05) is 12.1 Å². The van der Waals surface area contributed by atoms with Gasteiger partial charge in [0, 0.05) is 13.7 Å². The number of hydrogen-bond donors (Lipinski definition) is 2. The molecule has 12 heteroatoms. The number of amides is 4. The summed E-state index contributed by atoms with van der Waals surface area (Å²) >= 11 is 0. The molecule has 4 amide bonds. The second-order valence-corrected chi connectivity index (χ2v) is 10.4. The van der Waals surface area contributed by atoms with E-state index in [0.29, 0.717) is 18.9 Å². The van der Waals surface area contributed by atoms with Crippen molar-refractivity contribution in [2.75, 3.05) is 47.0 Å². The van der Waals surface area contributed by atoms with Gasteiger partial charge in [0.15, 0.2) is 11.6 Å². The Kier molecular flexibility index (Phi) is 10.2. The topological polar surface area (TPSA) is 100 Å². The standard InChI is InChI=1S/C30H35F3N4O5/c1-18-15-21(31)6-7-22(18)19-9-13-36(14-10-19)12-4-11-34-29(39)37-27(20-5-8-23(32)24(33)16-20)26(28(38)42-3)25(17-41-2)35-30(37)40/h5-8,15-16,19,27H,4,9-14,17H2,1-3H3,(H,34,39)(H,35,40). The molecule has 2 heterocycles. The van der Waals surface area contributed by atoms with Crippen molar-refractivity contribution >= 4 is 18.0 Å². The molecule has 0 aliphatic carbocycles. The number of rotatable bonds is 9. The predicted molar refractivity (Wildman–Crippen MR) is 148 cm³/mol. The summed E-state index contributed by atoms with van der Waals surface area (Å²) < 4.78 is 51.4. The molecule has 9 nitrogen and oxygen atoms in total. The number of imide groups is 1. The van der Waals surface area contributed by atoms with Crippen LogP contribution in [0.2, 0.25) is 0 Å². The molecule has 0 radical (unpaired) electrons. The van der Waals surface area contributed by atoms with Gasteiger partial charge in [-0.2, -0.15) is 0 Å². The van der Waals surface area contributed by atoms with E-state index in [0.717, 1.165) is 55.6 Å². The number of benzene rings is 2. The molecule has 1 unspecified atom stereocenters. The number of carbonyl (C=O) groups excluding carboxylic acids is 3. The number of ether oxygens (including phenoxy) is 2. The van der Waals surface area contributed by atoms with E-state index < -0.39 is 35.7 Å². The maximum Gasteiger partial charge on any atom is 0.338 e. The summed E-state index contributed by atoms with van der Waals surface area (Å²) in [5.74, 6) is -3.05. The van der Waals surface area contributed by atoms with Crippen molar-refractivity contribution in [1.29, 1.82) is 0 Å². The molecule has 1 fully saturated rings. The van der Waals surface area contributed by atoms with Crippen LogP contribution in [0.3, 0.4) is 0 Å². The van der Waals surface area contributed by atoms with Crippen LogP contribution in [0.4, 0.5) is 22.8 Å². The number of nitrogens with zero attached hydrogens (tertiary/aromatic N) is 2. The smallest absolute Gasteiger partial charge is 0.338 e. The van der Waals surface area contributed by atoms with Crippen LogP contribution in [0, 0.1) is 24.4 Å². The zero-order chi connectivity index (χ0) is 30.4. The number of likely N-dealkylation sites (tertiary alicyclic amines) is 1. The molecule has 2 aliphatic heterocycles. The number of aryl methyl sites for hydroxylation is 1. The quantitative estimate of drug-likeness (QED) is 0.330. The highest BCUT2D eigenvalue weighted by atomic mass is 19.2. The van der Waals surface area contributed by atoms with E-state index in [-0.39, 0.29) is 35.8 Å². The van der Waals surface area contributed by atoms with Crippen molar-refractivity contribution in [3.05, 3.63) is 81.8 Å². The number of piperidine rings is 1. The van der Waals surface area contributed by atoms with Crippen LogP contribution in [0.25, 0.3) is 0 Å². The average molecular weight is 589 g/mol. The van der Waals surface area contributed by atoms with E-state index in [4.69, 9.17) is 9.47 Å². The van der Waals surface area contributed by atoms with Crippen LogP contribution in [0.1, 0.15) is 47.9 Å². The van der Waals surface area contributed by atoms with Crippen LogP contribution in [-0.2, 0) is 14.3 Å².